The molecule has 36 heavy (non-hydrogen) atoms. The molecule has 4 rings (SSSR count). The minimum absolute atomic E-state index is 0.271. The number of hydrogen-bond donors (Lipinski definition) is 1. The molecule has 0 saturated heterocycles. The number of hydrogen-bond acceptors (Lipinski definition) is 8. The molecule has 8 nitrogen and oxygen atoms in total. The molecule has 1 N–H and O–H groups in total. The number of nitrogens with zero attached hydrogens (tertiary/aromatic N) is 3. The number of carbonyl (C=O) groups is 1. The summed E-state index contributed by atoms with van der Waals surface area (Å²) in [6.45, 7) is 7.90. The first kappa shape index (κ1) is 25.9. The zero-order valence-electron chi connectivity index (χ0n) is 20.9. The Balaban J connectivity index is 1.74. The molecule has 0 aliphatic carbocycles. The van der Waals surface area contributed by atoms with Crippen molar-refractivity contribution in [2.24, 2.45) is 0 Å². The summed E-state index contributed by atoms with van der Waals surface area (Å²) in [7, 11) is 1.59. The van der Waals surface area contributed by atoms with E-state index in [1.54, 1.807) is 11.8 Å². The van der Waals surface area contributed by atoms with E-state index in [0.717, 1.165) is 11.1 Å². The van der Waals surface area contributed by atoms with Gasteiger partial charge in [0.05, 0.1) is 25.4 Å². The molecule has 1 aliphatic heterocycles. The average molecular weight is 529 g/mol. The van der Waals surface area contributed by atoms with Crippen LogP contribution in [0.3, 0.4) is 0 Å². The quantitative estimate of drug-likeness (QED) is 0.272. The highest BCUT2D eigenvalue weighted by Gasteiger charge is 2.36. The van der Waals surface area contributed by atoms with E-state index in [2.05, 4.69) is 10.3 Å². The lowest BCUT2D eigenvalue weighted by Crippen LogP contribution is -2.30. The van der Waals surface area contributed by atoms with Crippen molar-refractivity contribution in [2.75, 3.05) is 19.0 Å². The fourth-order valence-corrected chi connectivity index (χ4v) is 5.04. The number of ether oxygens (including phenoxy) is 3. The Morgan fingerprint density at radius 3 is 2.69 bits per heavy atom. The van der Waals surface area contributed by atoms with Gasteiger partial charge in [-0.05, 0) is 57.0 Å². The van der Waals surface area contributed by atoms with Gasteiger partial charge < -0.3 is 19.5 Å². The summed E-state index contributed by atoms with van der Waals surface area (Å²) >= 11 is 7.79. The minimum Gasteiger partial charge on any atom is -0.493 e. The lowest BCUT2D eigenvalue weighted by Gasteiger charge is -2.29. The van der Waals surface area contributed by atoms with Gasteiger partial charge in [0.1, 0.15) is 6.04 Å². The SMILES string of the molecule is CCOc1ccc(C2C(C(=O)OC(C)C)=C(C)Nc3nc(SCc4ccccc4Cl)nn32)cc1OC. The number of anilines is 1. The molecule has 1 atom stereocenters. The second kappa shape index (κ2) is 11.3. The van der Waals surface area contributed by atoms with E-state index in [1.165, 1.54) is 11.8 Å². The average Bonchev–Trinajstić information content (AvgIpc) is 3.25. The Kier molecular flexibility index (Phi) is 8.11. The number of aromatic nitrogens is 3. The van der Waals surface area contributed by atoms with Crippen molar-refractivity contribution in [3.63, 3.8) is 0 Å². The molecule has 1 aromatic heterocycles. The number of rotatable bonds is 9. The maximum atomic E-state index is 13.2. The smallest absolute Gasteiger partial charge is 0.338 e. The van der Waals surface area contributed by atoms with Crippen LogP contribution in [0.1, 0.15) is 44.9 Å². The molecule has 0 radical (unpaired) electrons. The van der Waals surface area contributed by atoms with Crippen LogP contribution in [0.5, 0.6) is 11.5 Å². The second-order valence-electron chi connectivity index (χ2n) is 8.41. The first-order valence-corrected chi connectivity index (χ1v) is 13.0. The topological polar surface area (TPSA) is 87.5 Å². The molecule has 190 valence electrons. The van der Waals surface area contributed by atoms with Crippen molar-refractivity contribution < 1.29 is 19.0 Å². The molecular weight excluding hydrogens is 500 g/mol. The van der Waals surface area contributed by atoms with Crippen LogP contribution in [0, 0.1) is 0 Å². The molecule has 10 heteroatoms. The third-order valence-electron chi connectivity index (χ3n) is 5.51. The summed E-state index contributed by atoms with van der Waals surface area (Å²) in [4.78, 5) is 17.9. The van der Waals surface area contributed by atoms with E-state index in [-0.39, 0.29) is 6.10 Å². The Morgan fingerprint density at radius 1 is 1.22 bits per heavy atom. The molecule has 0 fully saturated rings. The first-order valence-electron chi connectivity index (χ1n) is 11.6. The van der Waals surface area contributed by atoms with Gasteiger partial charge in [0.15, 0.2) is 11.5 Å². The maximum absolute atomic E-state index is 13.2. The van der Waals surface area contributed by atoms with Crippen LogP contribution in [-0.4, -0.2) is 40.6 Å². The number of esters is 1. The van der Waals surface area contributed by atoms with Crippen LogP contribution in [0.25, 0.3) is 0 Å². The minimum atomic E-state index is -0.570. The zero-order chi connectivity index (χ0) is 25.8. The largest absolute Gasteiger partial charge is 0.493 e. The monoisotopic (exact) mass is 528 g/mol. The number of methoxy groups -OCH3 is 1. The molecule has 0 bridgehead atoms. The van der Waals surface area contributed by atoms with E-state index in [9.17, 15) is 4.79 Å². The number of fused-ring (bicyclic) bond motifs is 1. The van der Waals surface area contributed by atoms with E-state index in [4.69, 9.17) is 30.9 Å². The molecule has 2 aromatic carbocycles. The van der Waals surface area contributed by atoms with Crippen LogP contribution in [0.4, 0.5) is 5.95 Å². The normalized spacial score (nSPS) is 14.9. The molecule has 3 aromatic rings. The third-order valence-corrected chi connectivity index (χ3v) is 6.77. The lowest BCUT2D eigenvalue weighted by molar-refractivity contribution is -0.143. The van der Waals surface area contributed by atoms with Gasteiger partial charge in [0, 0.05) is 16.5 Å². The summed E-state index contributed by atoms with van der Waals surface area (Å²) in [5.41, 5.74) is 2.89. The van der Waals surface area contributed by atoms with Gasteiger partial charge in [0.25, 0.3) is 0 Å². The van der Waals surface area contributed by atoms with Crippen molar-refractivity contribution in [3.05, 3.63) is 69.9 Å². The van der Waals surface area contributed by atoms with Gasteiger partial charge in [-0.2, -0.15) is 4.98 Å². The van der Waals surface area contributed by atoms with Crippen molar-refractivity contribution >= 4 is 35.3 Å². The van der Waals surface area contributed by atoms with Crippen LogP contribution in [-0.2, 0) is 15.3 Å². The Hall–Kier alpha value is -3.17. The highest BCUT2D eigenvalue weighted by atomic mass is 35.5. The number of halogens is 1. The number of nitrogens with one attached hydrogen (secondary N) is 1. The summed E-state index contributed by atoms with van der Waals surface area (Å²) < 4.78 is 18.6. The molecule has 1 aliphatic rings. The molecule has 2 heterocycles. The number of carbonyl (C=O) groups excluding carboxylic acids is 1. The number of allylic oxidation sites excluding steroid dienone is 1. The summed E-state index contributed by atoms with van der Waals surface area (Å²) in [6.07, 6.45) is -0.271. The molecule has 0 saturated carbocycles. The molecule has 1 unspecified atom stereocenters. The van der Waals surface area contributed by atoms with Gasteiger partial charge in [-0.1, -0.05) is 47.6 Å². The van der Waals surface area contributed by atoms with Gasteiger partial charge in [0.2, 0.25) is 11.1 Å². The van der Waals surface area contributed by atoms with Crippen LogP contribution < -0.4 is 14.8 Å². The Bertz CT molecular complexity index is 1290. The van der Waals surface area contributed by atoms with Crippen molar-refractivity contribution in [2.45, 2.75) is 50.8 Å². The standard InChI is InChI=1S/C26H29ClN4O4S/c1-6-34-20-12-11-17(13-21(20)33-5)23-22(24(32)35-15(2)3)16(4)28-25-29-26(30-31(23)25)36-14-18-9-7-8-10-19(18)27/h7-13,15,23H,6,14H2,1-5H3,(H,28,29,30). The van der Waals surface area contributed by atoms with Gasteiger partial charge >= 0.3 is 5.97 Å². The summed E-state index contributed by atoms with van der Waals surface area (Å²) in [6, 6.07) is 12.7. The zero-order valence-corrected chi connectivity index (χ0v) is 22.4. The highest BCUT2D eigenvalue weighted by molar-refractivity contribution is 7.98. The second-order valence-corrected chi connectivity index (χ2v) is 9.76. The Labute approximate surface area is 220 Å². The van der Waals surface area contributed by atoms with Crippen molar-refractivity contribution in [3.8, 4) is 11.5 Å². The third kappa shape index (κ3) is 5.47. The lowest BCUT2D eigenvalue weighted by atomic mass is 9.95. The molecular formula is C26H29ClN4O4S. The fourth-order valence-electron chi connectivity index (χ4n) is 3.93. The van der Waals surface area contributed by atoms with Crippen LogP contribution in [0.15, 0.2) is 58.9 Å². The van der Waals surface area contributed by atoms with Gasteiger partial charge in [-0.25, -0.2) is 9.48 Å². The number of benzene rings is 2. The predicted octanol–water partition coefficient (Wildman–Crippen LogP) is 5.87. The van der Waals surface area contributed by atoms with Crippen LogP contribution >= 0.6 is 23.4 Å². The van der Waals surface area contributed by atoms with Crippen molar-refractivity contribution in [1.82, 2.24) is 14.8 Å². The van der Waals surface area contributed by atoms with Gasteiger partial charge in [-0.3, -0.25) is 0 Å². The summed E-state index contributed by atoms with van der Waals surface area (Å²) in [5, 5.41) is 9.25. The molecule has 0 spiro atoms. The van der Waals surface area contributed by atoms with Crippen molar-refractivity contribution in [1.29, 1.82) is 0 Å². The predicted molar refractivity (Wildman–Crippen MR) is 141 cm³/mol. The number of thioether (sulfide) groups is 1. The highest BCUT2D eigenvalue weighted by Crippen LogP contribution is 2.40. The van der Waals surface area contributed by atoms with E-state index in [0.29, 0.717) is 51.3 Å². The fraction of sp³-hybridized carbons (Fsp3) is 0.346. The maximum Gasteiger partial charge on any atom is 0.338 e. The van der Waals surface area contributed by atoms with Crippen LogP contribution in [0.2, 0.25) is 5.02 Å². The molecule has 0 amide bonds. The van der Waals surface area contributed by atoms with E-state index >= 15 is 0 Å². The first-order chi connectivity index (χ1) is 17.3. The van der Waals surface area contributed by atoms with E-state index < -0.39 is 12.0 Å². The Morgan fingerprint density at radius 2 is 2.00 bits per heavy atom. The van der Waals surface area contributed by atoms with E-state index in [1.807, 2.05) is 70.2 Å². The summed E-state index contributed by atoms with van der Waals surface area (Å²) in [5.74, 6) is 1.92. The van der Waals surface area contributed by atoms with Gasteiger partial charge in [-0.15, -0.1) is 5.10 Å².